The first-order chi connectivity index (χ1) is 16.2. The van der Waals surface area contributed by atoms with Gasteiger partial charge in [-0.3, -0.25) is 9.59 Å². The van der Waals surface area contributed by atoms with E-state index in [0.717, 1.165) is 0 Å². The van der Waals surface area contributed by atoms with Crippen LogP contribution in [0.2, 0.25) is 10.0 Å². The van der Waals surface area contributed by atoms with E-state index in [-0.39, 0.29) is 11.3 Å². The summed E-state index contributed by atoms with van der Waals surface area (Å²) in [6.45, 7) is 0.0540. The molecular weight excluding hydrogens is 527 g/mol. The van der Waals surface area contributed by atoms with Gasteiger partial charge in [0.15, 0.2) is 18.1 Å². The van der Waals surface area contributed by atoms with Crippen LogP contribution in [-0.4, -0.2) is 58.2 Å². The molecule has 3 rings (SSSR count). The summed E-state index contributed by atoms with van der Waals surface area (Å²) in [5, 5.41) is 3.16. The quantitative estimate of drug-likeness (QED) is 0.433. The fraction of sp³-hybridized carbons (Fsp3) is 0.333. The lowest BCUT2D eigenvalue weighted by Crippen LogP contribution is -2.43. The van der Waals surface area contributed by atoms with Gasteiger partial charge in [-0.1, -0.05) is 23.2 Å². The van der Waals surface area contributed by atoms with E-state index in [9.17, 15) is 18.0 Å². The monoisotopic (exact) mass is 548 g/mol. The van der Waals surface area contributed by atoms with Crippen LogP contribution in [-0.2, 0) is 24.3 Å². The van der Waals surface area contributed by atoms with Gasteiger partial charge in [-0.25, -0.2) is 8.42 Å². The van der Waals surface area contributed by atoms with E-state index >= 15 is 0 Å². The largest absolute Gasteiger partial charge is 0.486 e. The lowest BCUT2D eigenvalue weighted by molar-refractivity contribution is -0.149. The number of nitrogens with one attached hydrogen (secondary N) is 2. The molecule has 0 radical (unpaired) electrons. The van der Waals surface area contributed by atoms with Crippen molar-refractivity contribution in [1.82, 2.24) is 4.72 Å². The van der Waals surface area contributed by atoms with Crippen molar-refractivity contribution in [3.63, 3.8) is 0 Å². The lowest BCUT2D eigenvalue weighted by Gasteiger charge is -2.20. The highest BCUT2D eigenvalue weighted by Gasteiger charge is 2.28. The van der Waals surface area contributed by atoms with Crippen LogP contribution in [0.3, 0.4) is 0 Å². The maximum Gasteiger partial charge on any atom is 0.324 e. The van der Waals surface area contributed by atoms with E-state index in [1.807, 2.05) is 6.26 Å². The molecule has 34 heavy (non-hydrogen) atoms. The Balaban J connectivity index is 1.64. The van der Waals surface area contributed by atoms with Crippen molar-refractivity contribution in [3.05, 3.63) is 46.4 Å². The minimum atomic E-state index is -4.09. The molecule has 1 atom stereocenters. The van der Waals surface area contributed by atoms with Gasteiger partial charge in [0.05, 0.1) is 4.90 Å². The Morgan fingerprint density at radius 2 is 1.76 bits per heavy atom. The number of anilines is 1. The van der Waals surface area contributed by atoms with Crippen molar-refractivity contribution < 1.29 is 32.2 Å². The molecule has 0 spiro atoms. The van der Waals surface area contributed by atoms with Crippen molar-refractivity contribution >= 4 is 62.6 Å². The Morgan fingerprint density at radius 3 is 2.44 bits per heavy atom. The average molecular weight is 549 g/mol. The maximum atomic E-state index is 12.9. The molecule has 13 heteroatoms. The van der Waals surface area contributed by atoms with Gasteiger partial charge in [0.25, 0.3) is 5.91 Å². The number of ether oxygens (including phenoxy) is 3. The summed E-state index contributed by atoms with van der Waals surface area (Å²) in [5.41, 5.74) is 0.330. The molecule has 0 bridgehead atoms. The minimum Gasteiger partial charge on any atom is -0.486 e. The van der Waals surface area contributed by atoms with Crippen LogP contribution in [0.4, 0.5) is 5.69 Å². The smallest absolute Gasteiger partial charge is 0.324 e. The van der Waals surface area contributed by atoms with Crippen molar-refractivity contribution in [1.29, 1.82) is 0 Å². The molecule has 1 amide bonds. The van der Waals surface area contributed by atoms with Crippen molar-refractivity contribution in [2.24, 2.45) is 0 Å². The Kier molecular flexibility index (Phi) is 9.31. The van der Waals surface area contributed by atoms with Crippen molar-refractivity contribution in [3.8, 4) is 11.5 Å². The number of carbonyl (C=O) groups is 2. The minimum absolute atomic E-state index is 0.0886. The molecule has 0 unspecified atom stereocenters. The van der Waals surface area contributed by atoms with Gasteiger partial charge in [0.1, 0.15) is 19.3 Å². The number of hydrogen-bond donors (Lipinski definition) is 2. The number of rotatable bonds is 10. The van der Waals surface area contributed by atoms with Crippen LogP contribution >= 0.6 is 35.0 Å². The SMILES string of the molecule is CSCC[C@H](NS(=O)(=O)c1ccc2c(c1)OCCO2)C(=O)OCC(=O)Nc1cc(Cl)cc(Cl)c1. The highest BCUT2D eigenvalue weighted by molar-refractivity contribution is 7.98. The zero-order valence-corrected chi connectivity index (χ0v) is 21.2. The topological polar surface area (TPSA) is 120 Å². The fourth-order valence-corrected chi connectivity index (χ4v) is 5.20. The van der Waals surface area contributed by atoms with Crippen molar-refractivity contribution in [2.75, 3.05) is 37.1 Å². The van der Waals surface area contributed by atoms with E-state index in [0.29, 0.717) is 46.2 Å². The number of carbonyl (C=O) groups excluding carboxylic acids is 2. The Hall–Kier alpha value is -2.18. The zero-order chi connectivity index (χ0) is 24.7. The van der Waals surface area contributed by atoms with Crippen LogP contribution in [0.1, 0.15) is 6.42 Å². The second kappa shape index (κ2) is 12.0. The molecule has 2 aromatic rings. The first-order valence-corrected chi connectivity index (χ1v) is 13.6. The molecule has 184 valence electrons. The van der Waals surface area contributed by atoms with Gasteiger partial charge in [-0.15, -0.1) is 0 Å². The van der Waals surface area contributed by atoms with Gasteiger partial charge in [0, 0.05) is 21.8 Å². The summed E-state index contributed by atoms with van der Waals surface area (Å²) >= 11 is 13.2. The number of amides is 1. The standard InChI is InChI=1S/C21H22Cl2N2O7S2/c1-33-7-4-17(21(27)32-12-20(26)24-15-9-13(22)8-14(23)10-15)25-34(28,29)16-2-3-18-19(11-16)31-6-5-30-18/h2-3,8-11,17,25H,4-7,12H2,1H3,(H,24,26)/t17-/m0/s1. The first kappa shape index (κ1) is 26.4. The van der Waals surface area contributed by atoms with Crippen LogP contribution < -0.4 is 19.5 Å². The summed E-state index contributed by atoms with van der Waals surface area (Å²) in [4.78, 5) is 24.7. The Bertz CT molecular complexity index is 1140. The third-order valence-corrected chi connectivity index (χ3v) is 7.06. The number of benzene rings is 2. The maximum absolute atomic E-state index is 12.9. The zero-order valence-electron chi connectivity index (χ0n) is 18.0. The number of sulfonamides is 1. The fourth-order valence-electron chi connectivity index (χ4n) is 2.97. The van der Waals surface area contributed by atoms with Crippen LogP contribution in [0.25, 0.3) is 0 Å². The van der Waals surface area contributed by atoms with Crippen LogP contribution in [0.15, 0.2) is 41.3 Å². The molecule has 0 saturated carbocycles. The number of halogens is 2. The van der Waals surface area contributed by atoms with E-state index in [2.05, 4.69) is 10.0 Å². The average Bonchev–Trinajstić information content (AvgIpc) is 2.79. The predicted molar refractivity (Wildman–Crippen MR) is 131 cm³/mol. The molecule has 1 aliphatic rings. The normalized spacial score (nSPS) is 13.7. The predicted octanol–water partition coefficient (Wildman–Crippen LogP) is 3.35. The lowest BCUT2D eigenvalue weighted by atomic mass is 10.2. The highest BCUT2D eigenvalue weighted by atomic mass is 35.5. The third kappa shape index (κ3) is 7.41. The summed E-state index contributed by atoms with van der Waals surface area (Å²) in [5.74, 6) is -0.290. The van der Waals surface area contributed by atoms with Gasteiger partial charge in [0.2, 0.25) is 10.0 Å². The second-order valence-electron chi connectivity index (χ2n) is 7.07. The van der Waals surface area contributed by atoms with E-state index in [4.69, 9.17) is 37.4 Å². The summed E-state index contributed by atoms with van der Waals surface area (Å²) in [6.07, 6.45) is 1.98. The summed E-state index contributed by atoms with van der Waals surface area (Å²) in [6, 6.07) is 7.45. The van der Waals surface area contributed by atoms with Crippen molar-refractivity contribution in [2.45, 2.75) is 17.4 Å². The molecule has 0 aliphatic carbocycles. The van der Waals surface area contributed by atoms with E-state index in [1.54, 1.807) is 0 Å². The molecule has 2 aromatic carbocycles. The summed E-state index contributed by atoms with van der Waals surface area (Å²) in [7, 11) is -4.09. The number of hydrogen-bond acceptors (Lipinski definition) is 8. The number of fused-ring (bicyclic) bond motifs is 1. The van der Waals surface area contributed by atoms with E-state index < -0.39 is 34.5 Å². The van der Waals surface area contributed by atoms with Crippen LogP contribution in [0, 0.1) is 0 Å². The number of thioether (sulfide) groups is 1. The number of esters is 1. The Labute approximate surface area is 211 Å². The van der Waals surface area contributed by atoms with Gasteiger partial charge < -0.3 is 19.5 Å². The third-order valence-electron chi connectivity index (χ3n) is 4.51. The molecule has 0 saturated heterocycles. The van der Waals surface area contributed by atoms with Gasteiger partial charge in [-0.05, 0) is 48.8 Å². The van der Waals surface area contributed by atoms with E-state index in [1.165, 1.54) is 48.2 Å². The Morgan fingerprint density at radius 1 is 1.09 bits per heavy atom. The molecule has 0 fully saturated rings. The molecule has 2 N–H and O–H groups in total. The van der Waals surface area contributed by atoms with Gasteiger partial charge in [-0.2, -0.15) is 16.5 Å². The molecule has 9 nitrogen and oxygen atoms in total. The molecular formula is C21H22Cl2N2O7S2. The second-order valence-corrected chi connectivity index (χ2v) is 10.6. The molecule has 1 heterocycles. The summed E-state index contributed by atoms with van der Waals surface area (Å²) < 4.78 is 44.1. The highest BCUT2D eigenvalue weighted by Crippen LogP contribution is 2.32. The molecule has 1 aliphatic heterocycles. The molecule has 0 aromatic heterocycles. The van der Waals surface area contributed by atoms with Crippen LogP contribution in [0.5, 0.6) is 11.5 Å². The first-order valence-electron chi connectivity index (χ1n) is 10.0. The van der Waals surface area contributed by atoms with Gasteiger partial charge >= 0.3 is 5.97 Å².